The second-order valence-electron chi connectivity index (χ2n) is 4.22. The van der Waals surface area contributed by atoms with Gasteiger partial charge in [-0.1, -0.05) is 0 Å². The molecule has 0 saturated carbocycles. The summed E-state index contributed by atoms with van der Waals surface area (Å²) in [6.45, 7) is 0. The van der Waals surface area contributed by atoms with Crippen LogP contribution in [0.5, 0.6) is 0 Å². The van der Waals surface area contributed by atoms with E-state index in [4.69, 9.17) is 17.2 Å². The summed E-state index contributed by atoms with van der Waals surface area (Å²) >= 11 is 0. The van der Waals surface area contributed by atoms with Crippen LogP contribution in [0.15, 0.2) is 47.3 Å². The Bertz CT molecular complexity index is 759. The highest BCUT2D eigenvalue weighted by molar-refractivity contribution is 5.92. The molecule has 7 N–H and O–H groups in total. The molecule has 0 radical (unpaired) electrons. The third kappa shape index (κ3) is 2.56. The average molecular weight is 272 g/mol. The summed E-state index contributed by atoms with van der Waals surface area (Å²) < 4.78 is 1.45. The van der Waals surface area contributed by atoms with Crippen LogP contribution in [-0.2, 0) is 7.05 Å². The molecular weight excluding hydrogens is 256 g/mol. The summed E-state index contributed by atoms with van der Waals surface area (Å²) in [5.74, 6) is 0.984. The molecule has 0 aliphatic heterocycles. The summed E-state index contributed by atoms with van der Waals surface area (Å²) in [6.07, 6.45) is 6.21. The molecule has 2 aromatic heterocycles. The van der Waals surface area contributed by atoms with Gasteiger partial charge in [0.15, 0.2) is 0 Å². The van der Waals surface area contributed by atoms with Crippen LogP contribution in [-0.4, -0.2) is 9.55 Å². The Hall–Kier alpha value is -2.96. The molecule has 0 spiro atoms. The van der Waals surface area contributed by atoms with Crippen molar-refractivity contribution in [1.29, 1.82) is 0 Å². The number of nitrogen functional groups attached to an aromatic ring is 1. The first-order valence-corrected chi connectivity index (χ1v) is 5.90. The Balaban J connectivity index is 2.49. The first kappa shape index (κ1) is 13.5. The molecular formula is C13H16N6O. The number of fused-ring (bicyclic) bond motifs is 1. The number of nitrogens with zero attached hydrogens (tertiary/aromatic N) is 2. The van der Waals surface area contributed by atoms with E-state index in [1.54, 1.807) is 37.5 Å². The summed E-state index contributed by atoms with van der Waals surface area (Å²) in [7, 11) is 1.66. The molecule has 0 amide bonds. The summed E-state index contributed by atoms with van der Waals surface area (Å²) in [6, 6.07) is 3.50. The molecule has 104 valence electrons. The number of hydrogen-bond donors (Lipinski definition) is 4. The van der Waals surface area contributed by atoms with Crippen LogP contribution < -0.4 is 28.1 Å². The maximum absolute atomic E-state index is 12.0. The largest absolute Gasteiger partial charge is 0.405 e. The number of allylic oxidation sites excluding steroid dienone is 2. The van der Waals surface area contributed by atoms with E-state index in [-0.39, 0.29) is 11.4 Å². The zero-order valence-corrected chi connectivity index (χ0v) is 11.0. The lowest BCUT2D eigenvalue weighted by Crippen LogP contribution is -2.18. The molecule has 0 unspecified atom stereocenters. The minimum Gasteiger partial charge on any atom is -0.405 e. The van der Waals surface area contributed by atoms with Gasteiger partial charge in [-0.05, 0) is 35.9 Å². The van der Waals surface area contributed by atoms with Gasteiger partial charge in [-0.3, -0.25) is 4.79 Å². The summed E-state index contributed by atoms with van der Waals surface area (Å²) in [4.78, 5) is 16.1. The SMILES string of the molecule is Cn1ccc2cc(N/C(N)=C/C=C\N)nc(N)c2c1=O. The van der Waals surface area contributed by atoms with Crippen molar-refractivity contribution in [2.45, 2.75) is 0 Å². The Kier molecular flexibility index (Phi) is 3.60. The summed E-state index contributed by atoms with van der Waals surface area (Å²) in [5, 5.41) is 3.97. The van der Waals surface area contributed by atoms with E-state index >= 15 is 0 Å². The molecule has 0 fully saturated rings. The molecule has 7 nitrogen and oxygen atoms in total. The van der Waals surface area contributed by atoms with Crippen LogP contribution in [0.25, 0.3) is 10.8 Å². The van der Waals surface area contributed by atoms with E-state index < -0.39 is 0 Å². The third-order valence-corrected chi connectivity index (χ3v) is 2.75. The maximum Gasteiger partial charge on any atom is 0.261 e. The number of nitrogens with two attached hydrogens (primary N) is 3. The van der Waals surface area contributed by atoms with Crippen molar-refractivity contribution in [3.63, 3.8) is 0 Å². The molecule has 0 aromatic carbocycles. The number of hydrogen-bond acceptors (Lipinski definition) is 6. The van der Waals surface area contributed by atoms with Crippen LogP contribution in [0.4, 0.5) is 11.6 Å². The fraction of sp³-hybridized carbons (Fsp3) is 0.0769. The number of aromatic nitrogens is 2. The predicted molar refractivity (Wildman–Crippen MR) is 80.6 cm³/mol. The van der Waals surface area contributed by atoms with Crippen molar-refractivity contribution < 1.29 is 0 Å². The van der Waals surface area contributed by atoms with Gasteiger partial charge in [-0.25, -0.2) is 4.98 Å². The third-order valence-electron chi connectivity index (χ3n) is 2.75. The van der Waals surface area contributed by atoms with Crippen LogP contribution in [0.3, 0.4) is 0 Å². The van der Waals surface area contributed by atoms with Crippen molar-refractivity contribution in [3.05, 3.63) is 52.9 Å². The van der Waals surface area contributed by atoms with Crippen molar-refractivity contribution in [1.82, 2.24) is 9.55 Å². The standard InChI is InChI=1S/C13H16N6O/c1-19-6-4-8-7-10(17-9(15)3-2-5-14)18-12(16)11(8)13(19)20/h2-7H,14-15H2,1H3,(H3,16,17,18)/b5-2-,9-3+. The van der Waals surface area contributed by atoms with Crippen LogP contribution in [0.1, 0.15) is 0 Å². The van der Waals surface area contributed by atoms with Crippen LogP contribution in [0, 0.1) is 0 Å². The minimum absolute atomic E-state index is 0.161. The second-order valence-corrected chi connectivity index (χ2v) is 4.22. The molecule has 0 aliphatic carbocycles. The van der Waals surface area contributed by atoms with Gasteiger partial charge in [-0.2, -0.15) is 0 Å². The van der Waals surface area contributed by atoms with E-state index in [1.807, 2.05) is 0 Å². The van der Waals surface area contributed by atoms with Gasteiger partial charge >= 0.3 is 0 Å². The lowest BCUT2D eigenvalue weighted by atomic mass is 10.2. The lowest BCUT2D eigenvalue weighted by Gasteiger charge is -2.09. The zero-order chi connectivity index (χ0) is 14.7. The van der Waals surface area contributed by atoms with E-state index in [1.165, 1.54) is 10.8 Å². The maximum atomic E-state index is 12.0. The number of anilines is 2. The van der Waals surface area contributed by atoms with Gasteiger partial charge in [-0.15, -0.1) is 0 Å². The van der Waals surface area contributed by atoms with E-state index in [2.05, 4.69) is 10.3 Å². The van der Waals surface area contributed by atoms with Crippen molar-refractivity contribution in [2.75, 3.05) is 11.1 Å². The number of nitrogens with one attached hydrogen (secondary N) is 1. The first-order chi connectivity index (χ1) is 9.52. The molecule has 0 aliphatic rings. The van der Waals surface area contributed by atoms with Gasteiger partial charge in [0.25, 0.3) is 5.56 Å². The first-order valence-electron chi connectivity index (χ1n) is 5.90. The molecule has 2 rings (SSSR count). The Labute approximate surface area is 115 Å². The Morgan fingerprint density at radius 1 is 1.50 bits per heavy atom. The predicted octanol–water partition coefficient (Wildman–Crippen LogP) is 0.200. The molecule has 0 atom stereocenters. The Morgan fingerprint density at radius 3 is 2.95 bits per heavy atom. The van der Waals surface area contributed by atoms with Gasteiger partial charge < -0.3 is 27.1 Å². The fourth-order valence-electron chi connectivity index (χ4n) is 1.80. The van der Waals surface area contributed by atoms with Crippen molar-refractivity contribution in [2.24, 2.45) is 18.5 Å². The van der Waals surface area contributed by atoms with Gasteiger partial charge in [0, 0.05) is 13.2 Å². The number of pyridine rings is 2. The Morgan fingerprint density at radius 2 is 2.25 bits per heavy atom. The number of aryl methyl sites for hydroxylation is 1. The molecule has 2 aromatic rings. The van der Waals surface area contributed by atoms with Gasteiger partial charge in [0.2, 0.25) is 0 Å². The lowest BCUT2D eigenvalue weighted by molar-refractivity contribution is 0.873. The highest BCUT2D eigenvalue weighted by Gasteiger charge is 2.08. The van der Waals surface area contributed by atoms with Crippen molar-refractivity contribution >= 4 is 22.4 Å². The highest BCUT2D eigenvalue weighted by atomic mass is 16.1. The average Bonchev–Trinajstić information content (AvgIpc) is 2.40. The van der Waals surface area contributed by atoms with Crippen LogP contribution >= 0.6 is 0 Å². The minimum atomic E-state index is -0.186. The molecule has 0 bridgehead atoms. The van der Waals surface area contributed by atoms with Gasteiger partial charge in [0.1, 0.15) is 17.5 Å². The fourth-order valence-corrected chi connectivity index (χ4v) is 1.80. The number of rotatable bonds is 3. The zero-order valence-electron chi connectivity index (χ0n) is 11.0. The molecule has 2 heterocycles. The van der Waals surface area contributed by atoms with Crippen molar-refractivity contribution in [3.8, 4) is 0 Å². The monoisotopic (exact) mass is 272 g/mol. The van der Waals surface area contributed by atoms with Gasteiger partial charge in [0.05, 0.1) is 5.39 Å². The van der Waals surface area contributed by atoms with E-state index in [9.17, 15) is 4.79 Å². The topological polar surface area (TPSA) is 125 Å². The van der Waals surface area contributed by atoms with E-state index in [0.29, 0.717) is 22.4 Å². The quantitative estimate of drug-likeness (QED) is 0.591. The van der Waals surface area contributed by atoms with E-state index in [0.717, 1.165) is 0 Å². The molecule has 20 heavy (non-hydrogen) atoms. The highest BCUT2D eigenvalue weighted by Crippen LogP contribution is 2.19. The smallest absolute Gasteiger partial charge is 0.261 e. The molecule has 0 saturated heterocycles. The second kappa shape index (κ2) is 5.35. The van der Waals surface area contributed by atoms with Crippen LogP contribution in [0.2, 0.25) is 0 Å². The molecule has 7 heteroatoms. The normalized spacial score (nSPS) is 12.2. The summed E-state index contributed by atoms with van der Waals surface area (Å²) in [5.41, 5.74) is 16.6.